The first kappa shape index (κ1) is 8.97. The van der Waals surface area contributed by atoms with E-state index in [-0.39, 0.29) is 11.9 Å². The van der Waals surface area contributed by atoms with Gasteiger partial charge in [0.2, 0.25) is 0 Å². The van der Waals surface area contributed by atoms with E-state index in [0.717, 1.165) is 24.9 Å². The van der Waals surface area contributed by atoms with Crippen molar-refractivity contribution in [2.45, 2.75) is 18.9 Å². The molecule has 1 N–H and O–H groups in total. The summed E-state index contributed by atoms with van der Waals surface area (Å²) in [7, 11) is 0. The van der Waals surface area contributed by atoms with Gasteiger partial charge in [0.1, 0.15) is 5.82 Å². The van der Waals surface area contributed by atoms with E-state index in [9.17, 15) is 4.39 Å². The number of hydrogen-bond acceptors (Lipinski definition) is 1. The van der Waals surface area contributed by atoms with Gasteiger partial charge in [0.05, 0.1) is 0 Å². The van der Waals surface area contributed by atoms with Crippen molar-refractivity contribution in [2.24, 2.45) is 0 Å². The molecule has 3 heteroatoms. The minimum Gasteiger partial charge on any atom is -0.310 e. The van der Waals surface area contributed by atoms with Crippen LogP contribution in [-0.4, -0.2) is 6.54 Å². The van der Waals surface area contributed by atoms with E-state index in [1.54, 1.807) is 6.07 Å². The highest BCUT2D eigenvalue weighted by molar-refractivity contribution is 6.31. The van der Waals surface area contributed by atoms with Crippen LogP contribution in [0, 0.1) is 5.82 Å². The Morgan fingerprint density at radius 3 is 3.00 bits per heavy atom. The Hall–Kier alpha value is -0.600. The summed E-state index contributed by atoms with van der Waals surface area (Å²) in [6.45, 7) is 0.998. The van der Waals surface area contributed by atoms with Crippen LogP contribution in [0.25, 0.3) is 0 Å². The van der Waals surface area contributed by atoms with Crippen molar-refractivity contribution in [3.8, 4) is 0 Å². The fraction of sp³-hybridized carbons (Fsp3) is 0.400. The van der Waals surface area contributed by atoms with Crippen LogP contribution in [0.4, 0.5) is 4.39 Å². The van der Waals surface area contributed by atoms with Gasteiger partial charge in [0.25, 0.3) is 0 Å². The summed E-state index contributed by atoms with van der Waals surface area (Å²) < 4.78 is 12.9. The van der Waals surface area contributed by atoms with E-state index in [0.29, 0.717) is 5.02 Å². The van der Waals surface area contributed by atoms with Crippen molar-refractivity contribution in [1.29, 1.82) is 0 Å². The molecule has 1 atom stereocenters. The molecule has 0 saturated carbocycles. The zero-order chi connectivity index (χ0) is 9.26. The van der Waals surface area contributed by atoms with E-state index < -0.39 is 0 Å². The normalized spacial score (nSPS) is 22.2. The SMILES string of the molecule is Fc1ccc(Cl)c([C@@H]2CCCN2)c1. The molecular weight excluding hydrogens is 189 g/mol. The van der Waals surface area contributed by atoms with E-state index in [1.165, 1.54) is 12.1 Å². The summed E-state index contributed by atoms with van der Waals surface area (Å²) in [6.07, 6.45) is 2.18. The standard InChI is InChI=1S/C10H11ClFN/c11-9-4-3-7(12)6-8(9)10-2-1-5-13-10/h3-4,6,10,13H,1-2,5H2/t10-/m0/s1. The predicted octanol–water partition coefficient (Wildman–Crippen LogP) is 2.90. The number of halogens is 2. The highest BCUT2D eigenvalue weighted by atomic mass is 35.5. The van der Waals surface area contributed by atoms with Crippen LogP contribution >= 0.6 is 11.6 Å². The molecule has 0 unspecified atom stereocenters. The molecule has 1 aliphatic heterocycles. The molecule has 0 aliphatic carbocycles. The molecule has 1 aromatic rings. The van der Waals surface area contributed by atoms with Crippen LogP contribution in [0.5, 0.6) is 0 Å². The summed E-state index contributed by atoms with van der Waals surface area (Å²) in [6, 6.07) is 4.77. The summed E-state index contributed by atoms with van der Waals surface area (Å²) in [5.41, 5.74) is 0.888. The quantitative estimate of drug-likeness (QED) is 0.734. The second-order valence-electron chi connectivity index (χ2n) is 3.31. The highest BCUT2D eigenvalue weighted by Gasteiger charge is 2.18. The molecule has 0 bridgehead atoms. The van der Waals surface area contributed by atoms with Gasteiger partial charge in [-0.05, 0) is 43.1 Å². The Morgan fingerprint density at radius 1 is 1.46 bits per heavy atom. The summed E-state index contributed by atoms with van der Waals surface area (Å²) in [5, 5.41) is 3.94. The van der Waals surface area contributed by atoms with Gasteiger partial charge in [-0.15, -0.1) is 0 Å². The smallest absolute Gasteiger partial charge is 0.123 e. The van der Waals surface area contributed by atoms with E-state index in [2.05, 4.69) is 5.32 Å². The van der Waals surface area contributed by atoms with Gasteiger partial charge in [-0.2, -0.15) is 0 Å². The minimum atomic E-state index is -0.215. The zero-order valence-electron chi connectivity index (χ0n) is 7.19. The van der Waals surface area contributed by atoms with Crippen molar-refractivity contribution in [2.75, 3.05) is 6.54 Å². The van der Waals surface area contributed by atoms with Gasteiger partial charge >= 0.3 is 0 Å². The molecule has 1 aliphatic rings. The lowest BCUT2D eigenvalue weighted by atomic mass is 10.1. The average molecular weight is 200 g/mol. The maximum Gasteiger partial charge on any atom is 0.123 e. The molecule has 13 heavy (non-hydrogen) atoms. The molecule has 1 fully saturated rings. The van der Waals surface area contributed by atoms with Crippen LogP contribution in [0.1, 0.15) is 24.4 Å². The predicted molar refractivity (Wildman–Crippen MR) is 51.4 cm³/mol. The third-order valence-corrected chi connectivity index (χ3v) is 2.74. The molecular formula is C10H11ClFN. The number of nitrogens with one attached hydrogen (secondary N) is 1. The van der Waals surface area contributed by atoms with Gasteiger partial charge in [-0.25, -0.2) is 4.39 Å². The fourth-order valence-corrected chi connectivity index (χ4v) is 1.98. The second kappa shape index (κ2) is 3.64. The van der Waals surface area contributed by atoms with Gasteiger partial charge < -0.3 is 5.32 Å². The summed E-state index contributed by atoms with van der Waals surface area (Å²) in [4.78, 5) is 0. The van der Waals surface area contributed by atoms with Crippen molar-refractivity contribution >= 4 is 11.6 Å². The Balaban J connectivity index is 2.32. The number of benzene rings is 1. The summed E-state index contributed by atoms with van der Waals surface area (Å²) >= 11 is 5.97. The Morgan fingerprint density at radius 2 is 2.31 bits per heavy atom. The highest BCUT2D eigenvalue weighted by Crippen LogP contribution is 2.29. The van der Waals surface area contributed by atoms with E-state index in [1.807, 2.05) is 0 Å². The Kier molecular flexibility index (Phi) is 2.51. The molecule has 0 radical (unpaired) electrons. The number of rotatable bonds is 1. The molecule has 70 valence electrons. The van der Waals surface area contributed by atoms with E-state index >= 15 is 0 Å². The van der Waals surface area contributed by atoms with Crippen LogP contribution in [0.15, 0.2) is 18.2 Å². The van der Waals surface area contributed by atoms with Crippen LogP contribution in [0.2, 0.25) is 5.02 Å². The largest absolute Gasteiger partial charge is 0.310 e. The molecule has 1 nitrogen and oxygen atoms in total. The fourth-order valence-electron chi connectivity index (χ4n) is 1.73. The van der Waals surface area contributed by atoms with Gasteiger partial charge in [-0.3, -0.25) is 0 Å². The molecule has 1 saturated heterocycles. The van der Waals surface area contributed by atoms with Gasteiger partial charge in [0, 0.05) is 11.1 Å². The molecule has 1 aromatic carbocycles. The lowest BCUT2D eigenvalue weighted by Crippen LogP contribution is -2.13. The molecule has 1 heterocycles. The van der Waals surface area contributed by atoms with Gasteiger partial charge in [0.15, 0.2) is 0 Å². The molecule has 2 rings (SSSR count). The summed E-state index contributed by atoms with van der Waals surface area (Å²) in [5.74, 6) is -0.215. The lowest BCUT2D eigenvalue weighted by molar-refractivity contribution is 0.607. The lowest BCUT2D eigenvalue weighted by Gasteiger charge is -2.12. The maximum absolute atomic E-state index is 12.9. The first-order valence-electron chi connectivity index (χ1n) is 4.46. The third kappa shape index (κ3) is 1.84. The average Bonchev–Trinajstić information content (AvgIpc) is 2.61. The first-order valence-corrected chi connectivity index (χ1v) is 4.83. The molecule has 0 spiro atoms. The van der Waals surface area contributed by atoms with Crippen molar-refractivity contribution in [1.82, 2.24) is 5.32 Å². The molecule has 0 aromatic heterocycles. The van der Waals surface area contributed by atoms with Crippen molar-refractivity contribution < 1.29 is 4.39 Å². The topological polar surface area (TPSA) is 12.0 Å². The minimum absolute atomic E-state index is 0.215. The van der Waals surface area contributed by atoms with E-state index in [4.69, 9.17) is 11.6 Å². The Labute approximate surface area is 81.9 Å². The first-order chi connectivity index (χ1) is 6.27. The maximum atomic E-state index is 12.9. The van der Waals surface area contributed by atoms with Crippen molar-refractivity contribution in [3.63, 3.8) is 0 Å². The Bertz CT molecular complexity index is 308. The van der Waals surface area contributed by atoms with Gasteiger partial charge in [-0.1, -0.05) is 11.6 Å². The monoisotopic (exact) mass is 199 g/mol. The third-order valence-electron chi connectivity index (χ3n) is 2.39. The van der Waals surface area contributed by atoms with Crippen LogP contribution < -0.4 is 5.32 Å². The van der Waals surface area contributed by atoms with Crippen LogP contribution in [-0.2, 0) is 0 Å². The second-order valence-corrected chi connectivity index (χ2v) is 3.72. The van der Waals surface area contributed by atoms with Crippen LogP contribution in [0.3, 0.4) is 0 Å². The van der Waals surface area contributed by atoms with Crippen molar-refractivity contribution in [3.05, 3.63) is 34.6 Å². The zero-order valence-corrected chi connectivity index (χ0v) is 7.94. The number of hydrogen-bond donors (Lipinski definition) is 1. The molecule has 0 amide bonds.